The third-order valence-corrected chi connectivity index (χ3v) is 3.63. The van der Waals surface area contributed by atoms with Crippen LogP contribution in [0.25, 0.3) is 0 Å². The molecular weight excluding hydrogens is 413 g/mol. The fourth-order valence-corrected chi connectivity index (χ4v) is 2.21. The summed E-state index contributed by atoms with van der Waals surface area (Å²) < 4.78 is 10.4. The summed E-state index contributed by atoms with van der Waals surface area (Å²) in [6.07, 6.45) is 1.89. The maximum Gasteiger partial charge on any atom is 0.188 e. The number of hydrogen-bond acceptors (Lipinski definition) is 4. The number of rotatable bonds is 9. The molecule has 0 saturated carbocycles. The Morgan fingerprint density at radius 1 is 1.36 bits per heavy atom. The Bertz CT molecular complexity index is 484. The number of thioether (sulfide) groups is 1. The second-order valence-corrected chi connectivity index (χ2v) is 5.33. The molecule has 0 aliphatic rings. The van der Waals surface area contributed by atoms with E-state index < -0.39 is 0 Å². The highest BCUT2D eigenvalue weighted by atomic mass is 127. The molecule has 3 N–H and O–H groups in total. The van der Waals surface area contributed by atoms with Crippen LogP contribution < -0.4 is 20.5 Å². The van der Waals surface area contributed by atoms with Gasteiger partial charge in [-0.3, -0.25) is 0 Å². The maximum absolute atomic E-state index is 5.82. The monoisotopic (exact) mass is 437 g/mol. The number of aliphatic imine (C=N–C) groups is 1. The minimum absolute atomic E-state index is 0. The van der Waals surface area contributed by atoms with Gasteiger partial charge in [0, 0.05) is 18.1 Å². The number of nitrogens with two attached hydrogens (primary N) is 1. The van der Waals surface area contributed by atoms with Gasteiger partial charge in [0.25, 0.3) is 0 Å². The third kappa shape index (κ3) is 7.79. The van der Waals surface area contributed by atoms with E-state index in [1.807, 2.05) is 24.3 Å². The summed E-state index contributed by atoms with van der Waals surface area (Å²) in [6.45, 7) is 4.96. The van der Waals surface area contributed by atoms with Gasteiger partial charge in [0.1, 0.15) is 0 Å². The van der Waals surface area contributed by atoms with Crippen molar-refractivity contribution in [2.24, 2.45) is 10.7 Å². The lowest BCUT2D eigenvalue weighted by Crippen LogP contribution is -2.33. The van der Waals surface area contributed by atoms with Crippen molar-refractivity contribution in [3.8, 4) is 11.5 Å². The van der Waals surface area contributed by atoms with Gasteiger partial charge in [-0.1, -0.05) is 12.1 Å². The van der Waals surface area contributed by atoms with E-state index in [0.717, 1.165) is 23.6 Å². The third-order valence-electron chi connectivity index (χ3n) is 2.67. The molecular formula is C15H24IN3O2S. The predicted octanol–water partition coefficient (Wildman–Crippen LogP) is 2.65. The Morgan fingerprint density at radius 2 is 2.09 bits per heavy atom. The topological polar surface area (TPSA) is 68.9 Å². The number of guanidine groups is 1. The van der Waals surface area contributed by atoms with Gasteiger partial charge in [-0.05, 0) is 17.7 Å². The SMILES string of the molecule is C=CCSCCNC(N)=NCc1ccc(OC)c(OC)c1.I. The van der Waals surface area contributed by atoms with Crippen molar-refractivity contribution in [1.29, 1.82) is 0 Å². The molecule has 0 aliphatic heterocycles. The highest BCUT2D eigenvalue weighted by molar-refractivity contribution is 14.0. The summed E-state index contributed by atoms with van der Waals surface area (Å²) in [7, 11) is 3.23. The number of methoxy groups -OCH3 is 2. The van der Waals surface area contributed by atoms with Gasteiger partial charge in [-0.2, -0.15) is 11.8 Å². The normalized spacial score (nSPS) is 10.5. The van der Waals surface area contributed by atoms with Crippen molar-refractivity contribution in [1.82, 2.24) is 5.32 Å². The molecule has 1 aromatic rings. The summed E-state index contributed by atoms with van der Waals surface area (Å²) >= 11 is 1.80. The van der Waals surface area contributed by atoms with Crippen molar-refractivity contribution >= 4 is 41.7 Å². The Kier molecular flexibility index (Phi) is 11.8. The van der Waals surface area contributed by atoms with Crippen LogP contribution in [0.4, 0.5) is 0 Å². The van der Waals surface area contributed by atoms with Crippen LogP contribution in [-0.2, 0) is 6.54 Å². The van der Waals surface area contributed by atoms with Crippen molar-refractivity contribution in [2.45, 2.75) is 6.54 Å². The minimum atomic E-state index is 0. The molecule has 0 unspecified atom stereocenters. The van der Waals surface area contributed by atoms with Gasteiger partial charge >= 0.3 is 0 Å². The molecule has 124 valence electrons. The van der Waals surface area contributed by atoms with Gasteiger partial charge in [0.15, 0.2) is 17.5 Å². The minimum Gasteiger partial charge on any atom is -0.493 e. The number of nitrogens with one attached hydrogen (secondary N) is 1. The Labute approximate surface area is 153 Å². The standard InChI is InChI=1S/C15H23N3O2S.HI/c1-4-8-21-9-7-17-15(16)18-11-12-5-6-13(19-2)14(10-12)20-3;/h4-6,10H,1,7-9,11H2,2-3H3,(H3,16,17,18);1H. The van der Waals surface area contributed by atoms with Gasteiger partial charge in [-0.15, -0.1) is 30.6 Å². The Morgan fingerprint density at radius 3 is 2.73 bits per heavy atom. The maximum atomic E-state index is 5.82. The summed E-state index contributed by atoms with van der Waals surface area (Å²) in [5.41, 5.74) is 6.83. The van der Waals surface area contributed by atoms with Gasteiger partial charge in [0.05, 0.1) is 20.8 Å². The lowest BCUT2D eigenvalue weighted by molar-refractivity contribution is 0.354. The Hall–Kier alpha value is -1.09. The summed E-state index contributed by atoms with van der Waals surface area (Å²) in [5, 5.41) is 3.08. The van der Waals surface area contributed by atoms with Crippen LogP contribution in [0.15, 0.2) is 35.8 Å². The second-order valence-electron chi connectivity index (χ2n) is 4.18. The van der Waals surface area contributed by atoms with Crippen LogP contribution >= 0.6 is 35.7 Å². The van der Waals surface area contributed by atoms with E-state index >= 15 is 0 Å². The first kappa shape index (κ1) is 20.9. The second kappa shape index (κ2) is 12.5. The number of benzene rings is 1. The first-order valence-electron chi connectivity index (χ1n) is 6.64. The molecule has 0 bridgehead atoms. The van der Waals surface area contributed by atoms with E-state index in [9.17, 15) is 0 Å². The first-order valence-corrected chi connectivity index (χ1v) is 7.80. The average molecular weight is 437 g/mol. The fraction of sp³-hybridized carbons (Fsp3) is 0.400. The molecule has 0 heterocycles. The van der Waals surface area contributed by atoms with Crippen molar-refractivity contribution < 1.29 is 9.47 Å². The lowest BCUT2D eigenvalue weighted by atomic mass is 10.2. The Balaban J connectivity index is 0.00000441. The van der Waals surface area contributed by atoms with Gasteiger partial charge < -0.3 is 20.5 Å². The van der Waals surface area contributed by atoms with E-state index in [1.165, 1.54) is 0 Å². The van der Waals surface area contributed by atoms with E-state index in [1.54, 1.807) is 26.0 Å². The quantitative estimate of drug-likeness (QED) is 0.204. The van der Waals surface area contributed by atoms with Crippen molar-refractivity contribution in [3.63, 3.8) is 0 Å². The van der Waals surface area contributed by atoms with E-state index in [-0.39, 0.29) is 24.0 Å². The first-order chi connectivity index (χ1) is 10.2. The van der Waals surface area contributed by atoms with Gasteiger partial charge in [-0.25, -0.2) is 4.99 Å². The van der Waals surface area contributed by atoms with Crippen molar-refractivity contribution in [2.75, 3.05) is 32.3 Å². The molecule has 0 fully saturated rings. The molecule has 0 amide bonds. The molecule has 0 aliphatic carbocycles. The summed E-state index contributed by atoms with van der Waals surface area (Å²) in [5.74, 6) is 3.76. The van der Waals surface area contributed by atoms with Crippen LogP contribution in [0.5, 0.6) is 11.5 Å². The highest BCUT2D eigenvalue weighted by Crippen LogP contribution is 2.27. The molecule has 0 radical (unpaired) electrons. The van der Waals surface area contributed by atoms with Crippen LogP contribution in [0, 0.1) is 0 Å². The zero-order valence-electron chi connectivity index (χ0n) is 13.0. The van der Waals surface area contributed by atoms with Crippen molar-refractivity contribution in [3.05, 3.63) is 36.4 Å². The molecule has 0 aromatic heterocycles. The largest absolute Gasteiger partial charge is 0.493 e. The van der Waals surface area contributed by atoms with Crippen LogP contribution in [0.3, 0.4) is 0 Å². The van der Waals surface area contributed by atoms with Crippen LogP contribution in [0.1, 0.15) is 5.56 Å². The molecule has 7 heteroatoms. The van der Waals surface area contributed by atoms with E-state index in [4.69, 9.17) is 15.2 Å². The molecule has 0 saturated heterocycles. The number of ether oxygens (including phenoxy) is 2. The summed E-state index contributed by atoms with van der Waals surface area (Å²) in [6, 6.07) is 5.70. The fourth-order valence-electron chi connectivity index (χ4n) is 1.63. The zero-order chi connectivity index (χ0) is 15.5. The van der Waals surface area contributed by atoms with E-state index in [2.05, 4.69) is 16.9 Å². The zero-order valence-corrected chi connectivity index (χ0v) is 16.1. The van der Waals surface area contributed by atoms with Crippen LogP contribution in [0.2, 0.25) is 0 Å². The van der Waals surface area contributed by atoms with E-state index in [0.29, 0.717) is 24.0 Å². The average Bonchev–Trinajstić information content (AvgIpc) is 2.52. The highest BCUT2D eigenvalue weighted by Gasteiger charge is 2.04. The molecule has 1 rings (SSSR count). The smallest absolute Gasteiger partial charge is 0.188 e. The molecule has 0 atom stereocenters. The molecule has 1 aromatic carbocycles. The molecule has 5 nitrogen and oxygen atoms in total. The summed E-state index contributed by atoms with van der Waals surface area (Å²) in [4.78, 5) is 4.30. The van der Waals surface area contributed by atoms with Gasteiger partial charge in [0.2, 0.25) is 0 Å². The predicted molar refractivity (Wildman–Crippen MR) is 106 cm³/mol. The molecule has 22 heavy (non-hydrogen) atoms. The van der Waals surface area contributed by atoms with Crippen LogP contribution in [-0.4, -0.2) is 38.2 Å². The number of hydrogen-bond donors (Lipinski definition) is 2. The number of nitrogens with zero attached hydrogens (tertiary/aromatic N) is 1. The lowest BCUT2D eigenvalue weighted by Gasteiger charge is -2.09. The number of halogens is 1. The molecule has 0 spiro atoms.